The number of aromatic nitrogens is 1. The molecule has 78 valence electrons. The van der Waals surface area contributed by atoms with Crippen LogP contribution in [0.2, 0.25) is 0 Å². The molecular formula is C11H9BrClNO. The number of fused-ring (bicyclic) bond motifs is 1. The van der Waals surface area contributed by atoms with E-state index in [1.807, 2.05) is 18.2 Å². The Labute approximate surface area is 101 Å². The van der Waals surface area contributed by atoms with Gasteiger partial charge in [0, 0.05) is 39.4 Å². The number of benzene rings is 1. The zero-order valence-corrected chi connectivity index (χ0v) is 10.2. The Kier molecular flexibility index (Phi) is 3.12. The average Bonchev–Trinajstić information content (AvgIpc) is 2.60. The average molecular weight is 287 g/mol. The molecule has 2 nitrogen and oxygen atoms in total. The minimum Gasteiger partial charge on any atom is -0.360 e. The number of ketones is 1. The number of nitrogens with one attached hydrogen (secondary N) is 1. The summed E-state index contributed by atoms with van der Waals surface area (Å²) in [5.74, 6) is 0.439. The van der Waals surface area contributed by atoms with Gasteiger partial charge in [-0.15, -0.1) is 11.6 Å². The molecule has 0 spiro atoms. The highest BCUT2D eigenvalue weighted by atomic mass is 79.9. The standard InChI is InChI=1S/C11H9BrClNO/c12-7-1-2-10-8(5-7)9(6-14-10)11(15)3-4-13/h1-2,5-6,14H,3-4H2. The van der Waals surface area contributed by atoms with Crippen molar-refractivity contribution in [2.45, 2.75) is 6.42 Å². The Morgan fingerprint density at radius 3 is 3.00 bits per heavy atom. The largest absolute Gasteiger partial charge is 0.360 e. The Bertz CT molecular complexity index is 506. The summed E-state index contributed by atoms with van der Waals surface area (Å²) in [5.41, 5.74) is 1.68. The summed E-state index contributed by atoms with van der Waals surface area (Å²) in [6.45, 7) is 0. The zero-order chi connectivity index (χ0) is 10.8. The summed E-state index contributed by atoms with van der Waals surface area (Å²) in [6, 6.07) is 5.82. The van der Waals surface area contributed by atoms with Crippen LogP contribution < -0.4 is 0 Å². The van der Waals surface area contributed by atoms with E-state index >= 15 is 0 Å². The third-order valence-electron chi connectivity index (χ3n) is 2.27. The topological polar surface area (TPSA) is 32.9 Å². The molecule has 15 heavy (non-hydrogen) atoms. The molecule has 0 aliphatic rings. The second kappa shape index (κ2) is 4.37. The SMILES string of the molecule is O=C(CCCl)c1c[nH]c2ccc(Br)cc12. The van der Waals surface area contributed by atoms with Crippen LogP contribution in [0.5, 0.6) is 0 Å². The molecule has 1 N–H and O–H groups in total. The van der Waals surface area contributed by atoms with Crippen molar-refractivity contribution >= 4 is 44.2 Å². The second-order valence-electron chi connectivity index (χ2n) is 3.25. The molecule has 0 unspecified atom stereocenters. The van der Waals surface area contributed by atoms with Crippen molar-refractivity contribution in [1.82, 2.24) is 4.98 Å². The predicted octanol–water partition coefficient (Wildman–Crippen LogP) is 3.74. The van der Waals surface area contributed by atoms with E-state index in [1.165, 1.54) is 0 Å². The molecule has 0 aliphatic heterocycles. The summed E-state index contributed by atoms with van der Waals surface area (Å²) in [5, 5.41) is 0.944. The first-order valence-electron chi connectivity index (χ1n) is 4.58. The lowest BCUT2D eigenvalue weighted by molar-refractivity contribution is 0.0991. The number of aromatic amines is 1. The highest BCUT2D eigenvalue weighted by Gasteiger charge is 2.11. The van der Waals surface area contributed by atoms with Gasteiger partial charge in [0.05, 0.1) is 0 Å². The van der Waals surface area contributed by atoms with Gasteiger partial charge in [0.2, 0.25) is 0 Å². The van der Waals surface area contributed by atoms with Gasteiger partial charge in [-0.05, 0) is 18.2 Å². The van der Waals surface area contributed by atoms with Gasteiger partial charge in [-0.2, -0.15) is 0 Å². The molecule has 2 aromatic rings. The molecule has 0 bridgehead atoms. The van der Waals surface area contributed by atoms with Crippen LogP contribution in [-0.4, -0.2) is 16.6 Å². The molecule has 1 aromatic carbocycles. The number of Topliss-reactive ketones (excluding diaryl/α,β-unsaturated/α-hetero) is 1. The molecule has 0 fully saturated rings. The van der Waals surface area contributed by atoms with Crippen LogP contribution in [0.25, 0.3) is 10.9 Å². The summed E-state index contributed by atoms with van der Waals surface area (Å²) in [6.07, 6.45) is 2.12. The fraction of sp³-hybridized carbons (Fsp3) is 0.182. The van der Waals surface area contributed by atoms with Crippen LogP contribution in [0, 0.1) is 0 Å². The summed E-state index contributed by atoms with van der Waals surface area (Å²) < 4.78 is 0.967. The Morgan fingerprint density at radius 2 is 2.27 bits per heavy atom. The molecule has 0 radical (unpaired) electrons. The second-order valence-corrected chi connectivity index (χ2v) is 4.55. The molecule has 0 saturated carbocycles. The molecule has 1 aromatic heterocycles. The van der Waals surface area contributed by atoms with Gasteiger partial charge in [0.15, 0.2) is 5.78 Å². The lowest BCUT2D eigenvalue weighted by atomic mass is 10.1. The highest BCUT2D eigenvalue weighted by Crippen LogP contribution is 2.23. The Hall–Kier alpha value is -0.800. The third-order valence-corrected chi connectivity index (χ3v) is 2.95. The number of halogens is 2. The Balaban J connectivity index is 2.52. The lowest BCUT2D eigenvalue weighted by Gasteiger charge is -1.96. The van der Waals surface area contributed by atoms with Crippen molar-refractivity contribution in [2.24, 2.45) is 0 Å². The smallest absolute Gasteiger partial charge is 0.166 e. The third kappa shape index (κ3) is 2.08. The van der Waals surface area contributed by atoms with Gasteiger partial charge in [-0.3, -0.25) is 4.79 Å². The zero-order valence-electron chi connectivity index (χ0n) is 7.89. The first-order chi connectivity index (χ1) is 7.22. The molecule has 0 aliphatic carbocycles. The van der Waals surface area contributed by atoms with Crippen molar-refractivity contribution < 1.29 is 4.79 Å². The first-order valence-corrected chi connectivity index (χ1v) is 5.91. The molecule has 0 atom stereocenters. The van der Waals surface area contributed by atoms with E-state index in [1.54, 1.807) is 6.20 Å². The van der Waals surface area contributed by atoms with Gasteiger partial charge in [-0.1, -0.05) is 15.9 Å². The van der Waals surface area contributed by atoms with Crippen LogP contribution in [0.1, 0.15) is 16.8 Å². The van der Waals surface area contributed by atoms with Crippen molar-refractivity contribution in [3.05, 3.63) is 34.4 Å². The van der Waals surface area contributed by atoms with E-state index in [4.69, 9.17) is 11.6 Å². The van der Waals surface area contributed by atoms with E-state index in [9.17, 15) is 4.79 Å². The number of H-pyrrole nitrogens is 1. The number of rotatable bonds is 3. The van der Waals surface area contributed by atoms with Crippen LogP contribution in [0.4, 0.5) is 0 Å². The van der Waals surface area contributed by atoms with Gasteiger partial charge in [0.1, 0.15) is 0 Å². The van der Waals surface area contributed by atoms with Crippen molar-refractivity contribution in [3.63, 3.8) is 0 Å². The van der Waals surface area contributed by atoms with Gasteiger partial charge in [0.25, 0.3) is 0 Å². The van der Waals surface area contributed by atoms with E-state index in [0.29, 0.717) is 17.9 Å². The first kappa shape index (κ1) is 10.7. The highest BCUT2D eigenvalue weighted by molar-refractivity contribution is 9.10. The van der Waals surface area contributed by atoms with Crippen molar-refractivity contribution in [2.75, 3.05) is 5.88 Å². The molecule has 1 heterocycles. The number of alkyl halides is 1. The van der Waals surface area contributed by atoms with Crippen LogP contribution in [-0.2, 0) is 0 Å². The monoisotopic (exact) mass is 285 g/mol. The van der Waals surface area contributed by atoms with E-state index in [0.717, 1.165) is 15.4 Å². The van der Waals surface area contributed by atoms with E-state index in [2.05, 4.69) is 20.9 Å². The Morgan fingerprint density at radius 1 is 1.47 bits per heavy atom. The van der Waals surface area contributed by atoms with Crippen LogP contribution >= 0.6 is 27.5 Å². The summed E-state index contributed by atoms with van der Waals surface area (Å²) in [4.78, 5) is 14.8. The van der Waals surface area contributed by atoms with Crippen LogP contribution in [0.3, 0.4) is 0 Å². The predicted molar refractivity (Wildman–Crippen MR) is 65.7 cm³/mol. The number of hydrogen-bond donors (Lipinski definition) is 1. The van der Waals surface area contributed by atoms with Gasteiger partial charge in [-0.25, -0.2) is 0 Å². The van der Waals surface area contributed by atoms with Crippen molar-refractivity contribution in [3.8, 4) is 0 Å². The summed E-state index contributed by atoms with van der Waals surface area (Å²) >= 11 is 8.94. The van der Waals surface area contributed by atoms with Gasteiger partial charge < -0.3 is 4.98 Å². The molecule has 0 amide bonds. The maximum atomic E-state index is 11.7. The van der Waals surface area contributed by atoms with Gasteiger partial charge >= 0.3 is 0 Å². The normalized spacial score (nSPS) is 10.8. The number of carbonyl (C=O) groups is 1. The lowest BCUT2D eigenvalue weighted by Crippen LogP contribution is -1.98. The molecule has 2 rings (SSSR count). The van der Waals surface area contributed by atoms with Crippen molar-refractivity contribution in [1.29, 1.82) is 0 Å². The maximum Gasteiger partial charge on any atom is 0.166 e. The summed E-state index contributed by atoms with van der Waals surface area (Å²) in [7, 11) is 0. The molecule has 4 heteroatoms. The van der Waals surface area contributed by atoms with E-state index < -0.39 is 0 Å². The van der Waals surface area contributed by atoms with E-state index in [-0.39, 0.29) is 5.78 Å². The molecular weight excluding hydrogens is 277 g/mol. The fourth-order valence-corrected chi connectivity index (χ4v) is 2.08. The van der Waals surface area contributed by atoms with Crippen LogP contribution in [0.15, 0.2) is 28.9 Å². The number of hydrogen-bond acceptors (Lipinski definition) is 1. The minimum atomic E-state index is 0.0781. The minimum absolute atomic E-state index is 0.0781. The quantitative estimate of drug-likeness (QED) is 0.676. The molecule has 0 saturated heterocycles. The maximum absolute atomic E-state index is 11.7. The number of carbonyl (C=O) groups excluding carboxylic acids is 1. The fourth-order valence-electron chi connectivity index (χ4n) is 1.54.